The maximum atomic E-state index is 11.6. The quantitative estimate of drug-likeness (QED) is 0.298. The average molecular weight is 373 g/mol. The van der Waals surface area contributed by atoms with Crippen LogP contribution >= 0.6 is 11.8 Å². The molecule has 0 aliphatic heterocycles. The minimum Gasteiger partial charge on any atom is -0.482 e. The molecular weight excluding hydrogens is 354 g/mol. The Morgan fingerprint density at radius 3 is 2.42 bits per heavy atom. The van der Waals surface area contributed by atoms with Gasteiger partial charge in [0.25, 0.3) is 5.91 Å². The number of ether oxygens (including phenoxy) is 2. The molecule has 2 aromatic carbocycles. The molecule has 0 spiro atoms. The molecular formula is C19H19NO5S. The summed E-state index contributed by atoms with van der Waals surface area (Å²) >= 11 is 1.63. The number of carbonyl (C=O) groups excluding carboxylic acids is 3. The Morgan fingerprint density at radius 2 is 1.73 bits per heavy atom. The van der Waals surface area contributed by atoms with E-state index in [0.717, 1.165) is 16.9 Å². The van der Waals surface area contributed by atoms with E-state index in [9.17, 15) is 14.4 Å². The van der Waals surface area contributed by atoms with Crippen molar-refractivity contribution in [2.75, 3.05) is 25.5 Å². The van der Waals surface area contributed by atoms with Crippen LogP contribution in [0.25, 0.3) is 0 Å². The van der Waals surface area contributed by atoms with Crippen molar-refractivity contribution in [2.45, 2.75) is 4.90 Å². The molecule has 1 N–H and O–H groups in total. The smallest absolute Gasteiger partial charge is 0.344 e. The highest BCUT2D eigenvalue weighted by Gasteiger charge is 2.08. The predicted octanol–water partition coefficient (Wildman–Crippen LogP) is 2.33. The fourth-order valence-corrected chi connectivity index (χ4v) is 2.69. The Hall–Kier alpha value is -2.80. The molecule has 136 valence electrons. The fraction of sp³-hybridized carbons (Fsp3) is 0.211. The predicted molar refractivity (Wildman–Crippen MR) is 98.5 cm³/mol. The molecule has 6 nitrogen and oxygen atoms in total. The maximum Gasteiger partial charge on any atom is 0.344 e. The molecule has 7 heteroatoms. The molecule has 0 fully saturated rings. The van der Waals surface area contributed by atoms with Crippen molar-refractivity contribution in [2.24, 2.45) is 0 Å². The molecule has 0 aliphatic rings. The van der Waals surface area contributed by atoms with Crippen molar-refractivity contribution in [3.63, 3.8) is 0 Å². The van der Waals surface area contributed by atoms with Gasteiger partial charge in [0.05, 0.1) is 0 Å². The average Bonchev–Trinajstić information content (AvgIpc) is 2.69. The number of carbonyl (C=O) groups is 3. The van der Waals surface area contributed by atoms with Gasteiger partial charge < -0.3 is 14.8 Å². The van der Waals surface area contributed by atoms with Gasteiger partial charge in [-0.05, 0) is 36.4 Å². The van der Waals surface area contributed by atoms with Crippen LogP contribution in [0.3, 0.4) is 0 Å². The summed E-state index contributed by atoms with van der Waals surface area (Å²) in [6.07, 6.45) is 0.717. The Kier molecular flexibility index (Phi) is 8.21. The van der Waals surface area contributed by atoms with E-state index < -0.39 is 5.97 Å². The maximum absolute atomic E-state index is 11.6. The molecule has 0 unspecified atom stereocenters. The Bertz CT molecular complexity index is 718. The van der Waals surface area contributed by atoms with Gasteiger partial charge >= 0.3 is 5.97 Å². The molecule has 0 aliphatic carbocycles. The lowest BCUT2D eigenvalue weighted by Gasteiger charge is -2.08. The molecule has 26 heavy (non-hydrogen) atoms. The van der Waals surface area contributed by atoms with Gasteiger partial charge in [-0.25, -0.2) is 4.79 Å². The first-order chi connectivity index (χ1) is 12.7. The van der Waals surface area contributed by atoms with Gasteiger partial charge in [-0.1, -0.05) is 18.2 Å². The third-order valence-corrected chi connectivity index (χ3v) is 4.19. The summed E-state index contributed by atoms with van der Waals surface area (Å²) in [5.41, 5.74) is 0.516. The summed E-state index contributed by atoms with van der Waals surface area (Å²) in [7, 11) is 0. The van der Waals surface area contributed by atoms with Crippen LogP contribution in [0.2, 0.25) is 0 Å². The molecule has 0 aromatic heterocycles. The summed E-state index contributed by atoms with van der Waals surface area (Å²) in [6, 6.07) is 16.2. The van der Waals surface area contributed by atoms with Crippen molar-refractivity contribution >= 4 is 29.9 Å². The van der Waals surface area contributed by atoms with Gasteiger partial charge in [0.15, 0.2) is 13.2 Å². The monoisotopic (exact) mass is 373 g/mol. The normalized spacial score (nSPS) is 10.0. The minimum atomic E-state index is -0.640. The van der Waals surface area contributed by atoms with Crippen LogP contribution in [-0.2, 0) is 14.3 Å². The fourth-order valence-electron chi connectivity index (χ4n) is 1.90. The van der Waals surface area contributed by atoms with Gasteiger partial charge in [0.1, 0.15) is 12.0 Å². The molecule has 2 rings (SSSR count). The Morgan fingerprint density at radius 1 is 1.00 bits per heavy atom. The second-order valence-electron chi connectivity index (χ2n) is 5.15. The summed E-state index contributed by atoms with van der Waals surface area (Å²) in [5, 5.41) is 2.68. The van der Waals surface area contributed by atoms with E-state index in [4.69, 9.17) is 9.47 Å². The first-order valence-electron chi connectivity index (χ1n) is 7.95. The highest BCUT2D eigenvalue weighted by atomic mass is 32.2. The zero-order valence-corrected chi connectivity index (χ0v) is 14.9. The SMILES string of the molecule is O=Cc1ccc(OCC(=O)OCC(=O)NCCSc2ccccc2)cc1. The second kappa shape index (κ2) is 10.9. The first kappa shape index (κ1) is 19.5. The van der Waals surface area contributed by atoms with Gasteiger partial charge in [-0.15, -0.1) is 11.8 Å². The van der Waals surface area contributed by atoms with Crippen LogP contribution in [0.1, 0.15) is 10.4 Å². The Balaban J connectivity index is 1.56. The molecule has 1 amide bonds. The van der Waals surface area contributed by atoms with Crippen molar-refractivity contribution < 1.29 is 23.9 Å². The molecule has 0 saturated heterocycles. The number of esters is 1. The van der Waals surface area contributed by atoms with E-state index in [1.165, 1.54) is 0 Å². The van der Waals surface area contributed by atoms with E-state index in [1.807, 2.05) is 30.3 Å². The van der Waals surface area contributed by atoms with Gasteiger partial charge in [-0.2, -0.15) is 0 Å². The number of benzene rings is 2. The van der Waals surface area contributed by atoms with Crippen LogP contribution in [0.15, 0.2) is 59.5 Å². The van der Waals surface area contributed by atoms with Gasteiger partial charge in [0, 0.05) is 22.8 Å². The van der Waals surface area contributed by atoms with E-state index in [2.05, 4.69) is 5.32 Å². The molecule has 0 bridgehead atoms. The standard InChI is InChI=1S/C19H19NO5S/c21-12-15-6-8-16(9-7-15)24-14-19(23)25-13-18(22)20-10-11-26-17-4-2-1-3-5-17/h1-9,12H,10-11,13-14H2,(H,20,22). The Labute approximate surface area is 155 Å². The third-order valence-electron chi connectivity index (χ3n) is 3.17. The lowest BCUT2D eigenvalue weighted by Crippen LogP contribution is -2.31. The van der Waals surface area contributed by atoms with Gasteiger partial charge in [-0.3, -0.25) is 9.59 Å². The van der Waals surface area contributed by atoms with Crippen molar-refractivity contribution in [3.8, 4) is 5.75 Å². The number of aldehydes is 1. The summed E-state index contributed by atoms with van der Waals surface area (Å²) in [6.45, 7) is -0.171. The number of amides is 1. The lowest BCUT2D eigenvalue weighted by atomic mass is 10.2. The highest BCUT2D eigenvalue weighted by molar-refractivity contribution is 7.99. The summed E-state index contributed by atoms with van der Waals surface area (Å²) < 4.78 is 10.1. The number of nitrogens with one attached hydrogen (secondary N) is 1. The van der Waals surface area contributed by atoms with Crippen LogP contribution in [0, 0.1) is 0 Å². The number of hydrogen-bond acceptors (Lipinski definition) is 6. The summed E-state index contributed by atoms with van der Waals surface area (Å²) in [5.74, 6) is 0.166. The number of thioether (sulfide) groups is 1. The van der Waals surface area contributed by atoms with Crippen molar-refractivity contribution in [1.29, 1.82) is 0 Å². The van der Waals surface area contributed by atoms with E-state index >= 15 is 0 Å². The van der Waals surface area contributed by atoms with Crippen LogP contribution in [0.5, 0.6) is 5.75 Å². The van der Waals surface area contributed by atoms with E-state index in [-0.39, 0.29) is 19.1 Å². The topological polar surface area (TPSA) is 81.7 Å². The van der Waals surface area contributed by atoms with Crippen molar-refractivity contribution in [3.05, 3.63) is 60.2 Å². The molecule has 0 saturated carbocycles. The molecule has 0 heterocycles. The molecule has 0 atom stereocenters. The molecule has 2 aromatic rings. The highest BCUT2D eigenvalue weighted by Crippen LogP contribution is 2.15. The first-order valence-corrected chi connectivity index (χ1v) is 8.94. The lowest BCUT2D eigenvalue weighted by molar-refractivity contribution is -0.150. The van der Waals surface area contributed by atoms with Crippen LogP contribution in [-0.4, -0.2) is 43.7 Å². The number of rotatable bonds is 10. The largest absolute Gasteiger partial charge is 0.482 e. The molecule has 0 radical (unpaired) electrons. The zero-order valence-electron chi connectivity index (χ0n) is 14.1. The summed E-state index contributed by atoms with van der Waals surface area (Å²) in [4.78, 5) is 34.9. The zero-order chi connectivity index (χ0) is 18.6. The van der Waals surface area contributed by atoms with Crippen molar-refractivity contribution in [1.82, 2.24) is 5.32 Å². The van der Waals surface area contributed by atoms with Crippen LogP contribution in [0.4, 0.5) is 0 Å². The van der Waals surface area contributed by atoms with E-state index in [1.54, 1.807) is 36.0 Å². The third kappa shape index (κ3) is 7.40. The van der Waals surface area contributed by atoms with Crippen LogP contribution < -0.4 is 10.1 Å². The second-order valence-corrected chi connectivity index (χ2v) is 6.32. The van der Waals surface area contributed by atoms with E-state index in [0.29, 0.717) is 17.9 Å². The minimum absolute atomic E-state index is 0.308. The van der Waals surface area contributed by atoms with Gasteiger partial charge in [0.2, 0.25) is 0 Å². The number of hydrogen-bond donors (Lipinski definition) is 1.